The highest BCUT2D eigenvalue weighted by molar-refractivity contribution is 6.34. The number of anilines is 1. The molecule has 0 atom stereocenters. The first-order valence-electron chi connectivity index (χ1n) is 6.94. The number of nitrogens with one attached hydrogen (secondary N) is 1. The molecule has 0 radical (unpaired) electrons. The maximum absolute atomic E-state index is 5.98. The van der Waals surface area contributed by atoms with Gasteiger partial charge in [-0.2, -0.15) is 0 Å². The van der Waals surface area contributed by atoms with E-state index in [9.17, 15) is 0 Å². The Morgan fingerprint density at radius 1 is 1.00 bits per heavy atom. The predicted molar refractivity (Wildman–Crippen MR) is 90.6 cm³/mol. The van der Waals surface area contributed by atoms with Gasteiger partial charge in [0.05, 0.1) is 6.61 Å². The highest BCUT2D eigenvalue weighted by Crippen LogP contribution is 2.21. The second-order valence-corrected chi connectivity index (χ2v) is 6.23. The number of hydrogen-bond acceptors (Lipinski definition) is 2. The number of benzene rings is 2. The normalized spacial score (nSPS) is 10.7. The Bertz CT molecular complexity index is 562. The Morgan fingerprint density at radius 2 is 1.62 bits per heavy atom. The molecule has 0 heterocycles. The Hall–Kier alpha value is -1.38. The van der Waals surface area contributed by atoms with Gasteiger partial charge in [0.2, 0.25) is 0 Å². The second kappa shape index (κ2) is 7.58. The fraction of sp³-hybridized carbons (Fsp3) is 0.294. The summed E-state index contributed by atoms with van der Waals surface area (Å²) >= 11 is 12.0. The molecule has 0 fully saturated rings. The van der Waals surface area contributed by atoms with Gasteiger partial charge in [-0.1, -0.05) is 37.0 Å². The van der Waals surface area contributed by atoms with Crippen molar-refractivity contribution in [1.82, 2.24) is 0 Å². The van der Waals surface area contributed by atoms with Gasteiger partial charge in [0.25, 0.3) is 0 Å². The van der Waals surface area contributed by atoms with Crippen LogP contribution in [0.4, 0.5) is 5.69 Å². The summed E-state index contributed by atoms with van der Waals surface area (Å²) in [6.45, 7) is 5.67. The summed E-state index contributed by atoms with van der Waals surface area (Å²) in [4.78, 5) is 0. The molecule has 2 nitrogen and oxygen atoms in total. The predicted octanol–water partition coefficient (Wildman–Crippen LogP) is 5.64. The van der Waals surface area contributed by atoms with E-state index in [1.165, 1.54) is 0 Å². The molecule has 0 saturated heterocycles. The Balaban J connectivity index is 1.91. The molecule has 112 valence electrons. The third kappa shape index (κ3) is 5.49. The van der Waals surface area contributed by atoms with E-state index in [4.69, 9.17) is 27.9 Å². The summed E-state index contributed by atoms with van der Waals surface area (Å²) in [5.74, 6) is 1.41. The Morgan fingerprint density at radius 3 is 2.19 bits per heavy atom. The van der Waals surface area contributed by atoms with Crippen LogP contribution in [0.1, 0.15) is 19.4 Å². The topological polar surface area (TPSA) is 21.3 Å². The van der Waals surface area contributed by atoms with Crippen LogP contribution in [0.5, 0.6) is 5.75 Å². The smallest absolute Gasteiger partial charge is 0.119 e. The molecule has 0 spiro atoms. The lowest BCUT2D eigenvalue weighted by Gasteiger charge is -2.11. The van der Waals surface area contributed by atoms with Crippen LogP contribution in [0.2, 0.25) is 10.0 Å². The van der Waals surface area contributed by atoms with E-state index in [1.54, 1.807) is 6.07 Å². The lowest BCUT2D eigenvalue weighted by atomic mass is 10.2. The van der Waals surface area contributed by atoms with E-state index in [1.807, 2.05) is 36.4 Å². The SMILES string of the molecule is CC(C)COc1ccc(NCc2cc(Cl)cc(Cl)c2)cc1. The van der Waals surface area contributed by atoms with Crippen LogP contribution in [0.15, 0.2) is 42.5 Å². The van der Waals surface area contributed by atoms with Crippen LogP contribution in [-0.2, 0) is 6.54 Å². The van der Waals surface area contributed by atoms with Gasteiger partial charge in [0.15, 0.2) is 0 Å². The van der Waals surface area contributed by atoms with Crippen LogP contribution < -0.4 is 10.1 Å². The fourth-order valence-electron chi connectivity index (χ4n) is 1.85. The first kappa shape index (κ1) is 16.0. The molecule has 0 unspecified atom stereocenters. The maximum Gasteiger partial charge on any atom is 0.119 e. The van der Waals surface area contributed by atoms with E-state index in [0.29, 0.717) is 22.5 Å². The van der Waals surface area contributed by atoms with E-state index in [-0.39, 0.29) is 0 Å². The van der Waals surface area contributed by atoms with Crippen molar-refractivity contribution in [2.45, 2.75) is 20.4 Å². The number of hydrogen-bond donors (Lipinski definition) is 1. The number of rotatable bonds is 6. The van der Waals surface area contributed by atoms with Crippen LogP contribution >= 0.6 is 23.2 Å². The minimum Gasteiger partial charge on any atom is -0.493 e. The summed E-state index contributed by atoms with van der Waals surface area (Å²) in [7, 11) is 0. The molecule has 0 bridgehead atoms. The van der Waals surface area contributed by atoms with Crippen molar-refractivity contribution in [3.05, 3.63) is 58.1 Å². The summed E-state index contributed by atoms with van der Waals surface area (Å²) < 4.78 is 5.65. The molecule has 0 aliphatic heterocycles. The zero-order valence-corrected chi connectivity index (χ0v) is 13.7. The maximum atomic E-state index is 5.98. The van der Waals surface area contributed by atoms with Crippen molar-refractivity contribution in [3.8, 4) is 5.75 Å². The van der Waals surface area contributed by atoms with Crippen molar-refractivity contribution < 1.29 is 4.74 Å². The highest BCUT2D eigenvalue weighted by atomic mass is 35.5. The quantitative estimate of drug-likeness (QED) is 0.742. The van der Waals surface area contributed by atoms with Crippen molar-refractivity contribution in [1.29, 1.82) is 0 Å². The lowest BCUT2D eigenvalue weighted by Crippen LogP contribution is -2.04. The first-order chi connectivity index (χ1) is 10.0. The zero-order chi connectivity index (χ0) is 15.2. The van der Waals surface area contributed by atoms with Crippen LogP contribution in [-0.4, -0.2) is 6.61 Å². The van der Waals surface area contributed by atoms with E-state index < -0.39 is 0 Å². The molecular formula is C17H19Cl2NO. The van der Waals surface area contributed by atoms with Crippen molar-refractivity contribution >= 4 is 28.9 Å². The third-order valence-electron chi connectivity index (χ3n) is 2.86. The summed E-state index contributed by atoms with van der Waals surface area (Å²) in [5.41, 5.74) is 2.08. The van der Waals surface area contributed by atoms with Gasteiger partial charge in [-0.25, -0.2) is 0 Å². The number of ether oxygens (including phenoxy) is 1. The van der Waals surface area contributed by atoms with Crippen molar-refractivity contribution in [2.24, 2.45) is 5.92 Å². The van der Waals surface area contributed by atoms with Gasteiger partial charge in [-0.3, -0.25) is 0 Å². The van der Waals surface area contributed by atoms with Gasteiger partial charge in [0.1, 0.15) is 5.75 Å². The molecule has 2 aromatic rings. The zero-order valence-electron chi connectivity index (χ0n) is 12.2. The molecule has 0 aliphatic rings. The molecule has 2 rings (SSSR count). The lowest BCUT2D eigenvalue weighted by molar-refractivity contribution is 0.271. The van der Waals surface area contributed by atoms with E-state index in [2.05, 4.69) is 19.2 Å². The van der Waals surface area contributed by atoms with Gasteiger partial charge in [0, 0.05) is 22.3 Å². The summed E-state index contributed by atoms with van der Waals surface area (Å²) in [6, 6.07) is 13.5. The minimum atomic E-state index is 0.523. The fourth-order valence-corrected chi connectivity index (χ4v) is 2.42. The summed E-state index contributed by atoms with van der Waals surface area (Å²) in [5, 5.41) is 4.63. The minimum absolute atomic E-state index is 0.523. The molecule has 21 heavy (non-hydrogen) atoms. The van der Waals surface area contributed by atoms with Gasteiger partial charge >= 0.3 is 0 Å². The standard InChI is InChI=1S/C17H19Cl2NO/c1-12(2)11-21-17-5-3-16(4-6-17)20-10-13-7-14(18)9-15(19)8-13/h3-9,12,20H,10-11H2,1-2H3. The van der Waals surface area contributed by atoms with Crippen LogP contribution in [0.25, 0.3) is 0 Å². The monoisotopic (exact) mass is 323 g/mol. The largest absolute Gasteiger partial charge is 0.493 e. The van der Waals surface area contributed by atoms with Gasteiger partial charge in [-0.15, -0.1) is 0 Å². The molecule has 0 saturated carbocycles. The third-order valence-corrected chi connectivity index (χ3v) is 3.29. The van der Waals surface area contributed by atoms with E-state index in [0.717, 1.165) is 23.6 Å². The molecular weight excluding hydrogens is 305 g/mol. The van der Waals surface area contributed by atoms with Crippen LogP contribution in [0, 0.1) is 5.92 Å². The summed E-state index contributed by atoms with van der Waals surface area (Å²) in [6.07, 6.45) is 0. The van der Waals surface area contributed by atoms with Crippen molar-refractivity contribution in [3.63, 3.8) is 0 Å². The molecule has 0 aromatic heterocycles. The highest BCUT2D eigenvalue weighted by Gasteiger charge is 2.00. The second-order valence-electron chi connectivity index (χ2n) is 5.36. The Kier molecular flexibility index (Phi) is 5.77. The van der Waals surface area contributed by atoms with Gasteiger partial charge in [-0.05, 0) is 53.9 Å². The molecule has 4 heteroatoms. The molecule has 1 N–H and O–H groups in total. The van der Waals surface area contributed by atoms with E-state index >= 15 is 0 Å². The van der Waals surface area contributed by atoms with Crippen LogP contribution in [0.3, 0.4) is 0 Å². The van der Waals surface area contributed by atoms with Crippen molar-refractivity contribution in [2.75, 3.05) is 11.9 Å². The molecule has 0 aliphatic carbocycles. The number of halogens is 2. The molecule has 2 aromatic carbocycles. The van der Waals surface area contributed by atoms with Gasteiger partial charge < -0.3 is 10.1 Å². The first-order valence-corrected chi connectivity index (χ1v) is 7.70. The average Bonchev–Trinajstić information content (AvgIpc) is 2.43. The molecule has 0 amide bonds. The Labute approximate surface area is 136 Å². The average molecular weight is 324 g/mol.